The van der Waals surface area contributed by atoms with Crippen LogP contribution in [0, 0.1) is 11.7 Å². The van der Waals surface area contributed by atoms with Gasteiger partial charge in [-0.25, -0.2) is 4.39 Å². The van der Waals surface area contributed by atoms with Crippen LogP contribution in [-0.4, -0.2) is 35.6 Å². The molecule has 3 N–H and O–H groups in total. The Kier molecular flexibility index (Phi) is 3.93. The van der Waals surface area contributed by atoms with Crippen molar-refractivity contribution in [2.75, 3.05) is 19.7 Å². The highest BCUT2D eigenvalue weighted by molar-refractivity contribution is 5.92. The van der Waals surface area contributed by atoms with Gasteiger partial charge >= 0.3 is 0 Å². The van der Waals surface area contributed by atoms with Gasteiger partial charge in [0.1, 0.15) is 5.82 Å². The van der Waals surface area contributed by atoms with E-state index < -0.39 is 11.7 Å². The van der Waals surface area contributed by atoms with Crippen molar-refractivity contribution in [3.63, 3.8) is 0 Å². The lowest BCUT2D eigenvalue weighted by molar-refractivity contribution is 0.1000. The fourth-order valence-corrected chi connectivity index (χ4v) is 2.28. The number of aliphatic hydroxyl groups is 1. The van der Waals surface area contributed by atoms with Gasteiger partial charge in [-0.1, -0.05) is 6.07 Å². The number of halogens is 1. The standard InChI is InChI=1S/C13H17FN2O2/c14-12-5-10(13(15)18)1-2-11(12)7-16-4-3-9(6-16)8-17/h1-2,5,9,17H,3-4,6-8H2,(H2,15,18). The molecule has 1 aromatic carbocycles. The van der Waals surface area contributed by atoms with Crippen molar-refractivity contribution in [1.82, 2.24) is 4.90 Å². The summed E-state index contributed by atoms with van der Waals surface area (Å²) < 4.78 is 13.8. The van der Waals surface area contributed by atoms with Gasteiger partial charge in [-0.05, 0) is 31.0 Å². The Morgan fingerprint density at radius 3 is 2.89 bits per heavy atom. The molecular weight excluding hydrogens is 235 g/mol. The Labute approximate surface area is 105 Å². The first-order valence-corrected chi connectivity index (χ1v) is 6.01. The van der Waals surface area contributed by atoms with E-state index in [-0.39, 0.29) is 18.1 Å². The van der Waals surface area contributed by atoms with Crippen molar-refractivity contribution in [3.8, 4) is 0 Å². The largest absolute Gasteiger partial charge is 0.396 e. The van der Waals surface area contributed by atoms with Gasteiger partial charge < -0.3 is 10.8 Å². The molecule has 0 aliphatic carbocycles. The summed E-state index contributed by atoms with van der Waals surface area (Å²) in [6, 6.07) is 4.32. The summed E-state index contributed by atoms with van der Waals surface area (Å²) in [5.74, 6) is -0.737. The van der Waals surface area contributed by atoms with Crippen molar-refractivity contribution in [2.45, 2.75) is 13.0 Å². The highest BCUT2D eigenvalue weighted by atomic mass is 19.1. The first-order valence-electron chi connectivity index (χ1n) is 6.01. The van der Waals surface area contributed by atoms with Crippen LogP contribution in [0.5, 0.6) is 0 Å². The topological polar surface area (TPSA) is 66.6 Å². The van der Waals surface area contributed by atoms with Crippen molar-refractivity contribution < 1.29 is 14.3 Å². The van der Waals surface area contributed by atoms with Crippen LogP contribution in [0.3, 0.4) is 0 Å². The number of amides is 1. The maximum absolute atomic E-state index is 13.8. The number of likely N-dealkylation sites (tertiary alicyclic amines) is 1. The van der Waals surface area contributed by atoms with Gasteiger partial charge in [-0.2, -0.15) is 0 Å². The average molecular weight is 252 g/mol. The lowest BCUT2D eigenvalue weighted by Crippen LogP contribution is -2.22. The predicted molar refractivity (Wildman–Crippen MR) is 65.4 cm³/mol. The summed E-state index contributed by atoms with van der Waals surface area (Å²) >= 11 is 0. The molecule has 0 bridgehead atoms. The quantitative estimate of drug-likeness (QED) is 0.830. The van der Waals surface area contributed by atoms with E-state index in [1.165, 1.54) is 6.07 Å². The number of primary amides is 1. The van der Waals surface area contributed by atoms with E-state index in [9.17, 15) is 9.18 Å². The van der Waals surface area contributed by atoms with Crippen LogP contribution in [0.15, 0.2) is 18.2 Å². The van der Waals surface area contributed by atoms with Crippen LogP contribution in [0.25, 0.3) is 0 Å². The Bertz CT molecular complexity index is 451. The van der Waals surface area contributed by atoms with Crippen LogP contribution in [0.4, 0.5) is 4.39 Å². The summed E-state index contributed by atoms with van der Waals surface area (Å²) in [5.41, 5.74) is 5.83. The third-order valence-corrected chi connectivity index (χ3v) is 3.36. The zero-order valence-electron chi connectivity index (χ0n) is 10.1. The molecule has 98 valence electrons. The molecule has 1 amide bonds. The highest BCUT2D eigenvalue weighted by Crippen LogP contribution is 2.19. The molecule has 1 aliphatic heterocycles. The first-order chi connectivity index (χ1) is 8.60. The second-order valence-corrected chi connectivity index (χ2v) is 4.74. The monoisotopic (exact) mass is 252 g/mol. The van der Waals surface area contributed by atoms with E-state index in [0.29, 0.717) is 12.1 Å². The summed E-state index contributed by atoms with van der Waals surface area (Å²) in [5, 5.41) is 9.05. The molecule has 1 aromatic rings. The molecule has 4 nitrogen and oxygen atoms in total. The molecule has 5 heteroatoms. The highest BCUT2D eigenvalue weighted by Gasteiger charge is 2.22. The van der Waals surface area contributed by atoms with Crippen molar-refractivity contribution in [2.24, 2.45) is 11.7 Å². The van der Waals surface area contributed by atoms with Gasteiger partial charge in [-0.3, -0.25) is 9.69 Å². The first kappa shape index (κ1) is 13.0. The summed E-state index contributed by atoms with van der Waals surface area (Å²) in [7, 11) is 0. The molecule has 2 rings (SSSR count). The Balaban J connectivity index is 2.04. The van der Waals surface area contributed by atoms with Gasteiger partial charge in [-0.15, -0.1) is 0 Å². The van der Waals surface area contributed by atoms with Crippen LogP contribution in [0.1, 0.15) is 22.3 Å². The van der Waals surface area contributed by atoms with Crippen molar-refractivity contribution in [3.05, 3.63) is 35.1 Å². The minimum Gasteiger partial charge on any atom is -0.396 e. The maximum Gasteiger partial charge on any atom is 0.248 e. The second-order valence-electron chi connectivity index (χ2n) is 4.74. The van der Waals surface area contributed by atoms with E-state index in [1.54, 1.807) is 12.1 Å². The summed E-state index contributed by atoms with van der Waals surface area (Å²) in [4.78, 5) is 13.0. The van der Waals surface area contributed by atoms with E-state index in [0.717, 1.165) is 19.5 Å². The second kappa shape index (κ2) is 5.46. The molecule has 0 spiro atoms. The van der Waals surface area contributed by atoms with Crippen molar-refractivity contribution in [1.29, 1.82) is 0 Å². The fraction of sp³-hybridized carbons (Fsp3) is 0.462. The Morgan fingerprint density at radius 1 is 1.56 bits per heavy atom. The molecule has 1 unspecified atom stereocenters. The lowest BCUT2D eigenvalue weighted by Gasteiger charge is -2.16. The number of nitrogens with zero attached hydrogens (tertiary/aromatic N) is 1. The molecule has 1 aliphatic rings. The molecular formula is C13H17FN2O2. The van der Waals surface area contributed by atoms with Crippen LogP contribution in [0.2, 0.25) is 0 Å². The summed E-state index contributed by atoms with van der Waals surface area (Å²) in [6.45, 7) is 2.33. The third kappa shape index (κ3) is 2.86. The molecule has 1 fully saturated rings. The Morgan fingerprint density at radius 2 is 2.33 bits per heavy atom. The lowest BCUT2D eigenvalue weighted by atomic mass is 10.1. The Hall–Kier alpha value is -1.46. The summed E-state index contributed by atoms with van der Waals surface area (Å²) in [6.07, 6.45) is 0.942. The number of hydrogen-bond acceptors (Lipinski definition) is 3. The number of hydrogen-bond donors (Lipinski definition) is 2. The SMILES string of the molecule is NC(=O)c1ccc(CN2CCC(CO)C2)c(F)c1. The van der Waals surface area contributed by atoms with E-state index >= 15 is 0 Å². The van der Waals surface area contributed by atoms with Crippen molar-refractivity contribution >= 4 is 5.91 Å². The van der Waals surface area contributed by atoms with E-state index in [1.807, 2.05) is 0 Å². The van der Waals surface area contributed by atoms with Gasteiger partial charge in [0.25, 0.3) is 0 Å². The smallest absolute Gasteiger partial charge is 0.248 e. The predicted octanol–water partition coefficient (Wildman–Crippen LogP) is 0.739. The fourth-order valence-electron chi connectivity index (χ4n) is 2.28. The van der Waals surface area contributed by atoms with Crippen LogP contribution < -0.4 is 5.73 Å². The minimum absolute atomic E-state index is 0.180. The van der Waals surface area contributed by atoms with Gasteiger partial charge in [0.2, 0.25) is 5.91 Å². The van der Waals surface area contributed by atoms with Crippen LogP contribution >= 0.6 is 0 Å². The molecule has 1 heterocycles. The molecule has 0 radical (unpaired) electrons. The number of aliphatic hydroxyl groups excluding tert-OH is 1. The zero-order chi connectivity index (χ0) is 13.1. The van der Waals surface area contributed by atoms with E-state index in [4.69, 9.17) is 10.8 Å². The maximum atomic E-state index is 13.8. The van der Waals surface area contributed by atoms with Gasteiger partial charge in [0.15, 0.2) is 0 Å². The molecule has 1 atom stereocenters. The zero-order valence-corrected chi connectivity index (χ0v) is 10.1. The number of carbonyl (C=O) groups excluding carboxylic acids is 1. The number of rotatable bonds is 4. The molecule has 1 saturated heterocycles. The molecule has 18 heavy (non-hydrogen) atoms. The average Bonchev–Trinajstić information content (AvgIpc) is 2.79. The van der Waals surface area contributed by atoms with Gasteiger partial charge in [0, 0.05) is 30.8 Å². The van der Waals surface area contributed by atoms with Crippen LogP contribution in [-0.2, 0) is 6.54 Å². The molecule has 0 saturated carbocycles. The number of carbonyl (C=O) groups is 1. The minimum atomic E-state index is -0.623. The number of nitrogens with two attached hydrogens (primary N) is 1. The van der Waals surface area contributed by atoms with E-state index in [2.05, 4.69) is 4.90 Å². The number of benzene rings is 1. The third-order valence-electron chi connectivity index (χ3n) is 3.36. The molecule has 0 aromatic heterocycles. The normalized spacial score (nSPS) is 20.2. The van der Waals surface area contributed by atoms with Gasteiger partial charge in [0.05, 0.1) is 0 Å².